The zero-order valence-corrected chi connectivity index (χ0v) is 10.6. The van der Waals surface area contributed by atoms with Crippen LogP contribution in [0, 0.1) is 11.3 Å². The number of hydrogen-bond acceptors (Lipinski definition) is 2. The summed E-state index contributed by atoms with van der Waals surface area (Å²) in [6.07, 6.45) is 7.80. The lowest BCUT2D eigenvalue weighted by atomic mass is 9.90. The van der Waals surface area contributed by atoms with Gasteiger partial charge in [0.25, 0.3) is 0 Å². The molecule has 92 valence electrons. The molecule has 1 saturated heterocycles. The first-order valence-electron chi connectivity index (χ1n) is 6.49. The Labute approximate surface area is 99.0 Å². The van der Waals surface area contributed by atoms with Crippen molar-refractivity contribution >= 4 is 0 Å². The van der Waals surface area contributed by atoms with Gasteiger partial charge in [-0.2, -0.15) is 0 Å². The van der Waals surface area contributed by atoms with Gasteiger partial charge in [0.1, 0.15) is 0 Å². The molecule has 2 heteroatoms. The van der Waals surface area contributed by atoms with Crippen molar-refractivity contribution in [3.63, 3.8) is 0 Å². The topological polar surface area (TPSA) is 18.5 Å². The molecule has 2 rings (SSSR count). The van der Waals surface area contributed by atoms with E-state index in [4.69, 9.17) is 9.47 Å². The van der Waals surface area contributed by atoms with E-state index in [0.29, 0.717) is 0 Å². The van der Waals surface area contributed by atoms with Gasteiger partial charge in [0.15, 0.2) is 0 Å². The molecule has 16 heavy (non-hydrogen) atoms. The van der Waals surface area contributed by atoms with Crippen LogP contribution in [-0.2, 0) is 9.47 Å². The maximum atomic E-state index is 5.68. The van der Waals surface area contributed by atoms with Gasteiger partial charge in [0, 0.05) is 5.41 Å². The molecule has 0 spiro atoms. The van der Waals surface area contributed by atoms with E-state index in [0.717, 1.165) is 32.3 Å². The Hall–Kier alpha value is -0.340. The summed E-state index contributed by atoms with van der Waals surface area (Å²) in [7, 11) is 0. The van der Waals surface area contributed by atoms with Crippen molar-refractivity contribution in [2.24, 2.45) is 11.3 Å². The van der Waals surface area contributed by atoms with Gasteiger partial charge in [0.05, 0.1) is 26.4 Å². The maximum Gasteiger partial charge on any atom is 0.0650 e. The van der Waals surface area contributed by atoms with Gasteiger partial charge in [-0.3, -0.25) is 0 Å². The lowest BCUT2D eigenvalue weighted by molar-refractivity contribution is -0.135. The summed E-state index contributed by atoms with van der Waals surface area (Å²) in [5, 5.41) is 0. The highest BCUT2D eigenvalue weighted by Gasteiger charge is 2.33. The molecular formula is C14H24O2. The minimum Gasteiger partial charge on any atom is -0.380 e. The Morgan fingerprint density at radius 1 is 1.44 bits per heavy atom. The van der Waals surface area contributed by atoms with E-state index in [1.807, 2.05) is 0 Å². The highest BCUT2D eigenvalue weighted by Crippen LogP contribution is 2.34. The van der Waals surface area contributed by atoms with Crippen LogP contribution in [0.1, 0.15) is 39.5 Å². The second kappa shape index (κ2) is 5.33. The molecule has 0 amide bonds. The standard InChI is InChI=1S/C14H24O2/c1-12(3-4-13-5-6-13)7-8-15-9-14(2)10-16-11-14/h7,13H,3-6,8-11H2,1-2H3/b12-7+. The lowest BCUT2D eigenvalue weighted by Crippen LogP contribution is -2.43. The third-order valence-corrected chi connectivity index (χ3v) is 3.55. The summed E-state index contributed by atoms with van der Waals surface area (Å²) >= 11 is 0. The van der Waals surface area contributed by atoms with Gasteiger partial charge >= 0.3 is 0 Å². The highest BCUT2D eigenvalue weighted by molar-refractivity contribution is 4.99. The van der Waals surface area contributed by atoms with Crippen molar-refractivity contribution in [1.29, 1.82) is 0 Å². The van der Waals surface area contributed by atoms with E-state index >= 15 is 0 Å². The Kier molecular flexibility index (Phi) is 4.04. The van der Waals surface area contributed by atoms with E-state index in [9.17, 15) is 0 Å². The molecule has 1 heterocycles. The van der Waals surface area contributed by atoms with Gasteiger partial charge in [-0.1, -0.05) is 31.4 Å². The monoisotopic (exact) mass is 224 g/mol. The van der Waals surface area contributed by atoms with Crippen LogP contribution in [0.15, 0.2) is 11.6 Å². The second-order valence-corrected chi connectivity index (χ2v) is 5.85. The average Bonchev–Trinajstić information content (AvgIpc) is 3.02. The summed E-state index contributed by atoms with van der Waals surface area (Å²) in [4.78, 5) is 0. The molecule has 0 unspecified atom stereocenters. The minimum absolute atomic E-state index is 0.287. The van der Waals surface area contributed by atoms with Crippen molar-refractivity contribution in [2.45, 2.75) is 39.5 Å². The summed E-state index contributed by atoms with van der Waals surface area (Å²) in [5.74, 6) is 1.04. The van der Waals surface area contributed by atoms with Crippen molar-refractivity contribution in [3.8, 4) is 0 Å². The molecule has 2 fully saturated rings. The number of allylic oxidation sites excluding steroid dienone is 1. The fraction of sp³-hybridized carbons (Fsp3) is 0.857. The Morgan fingerprint density at radius 3 is 2.75 bits per heavy atom. The maximum absolute atomic E-state index is 5.68. The van der Waals surface area contributed by atoms with E-state index < -0.39 is 0 Å². The number of hydrogen-bond donors (Lipinski definition) is 0. The van der Waals surface area contributed by atoms with Gasteiger partial charge in [0.2, 0.25) is 0 Å². The molecule has 0 aromatic heterocycles. The van der Waals surface area contributed by atoms with Crippen LogP contribution in [0.4, 0.5) is 0 Å². The fourth-order valence-corrected chi connectivity index (χ4v) is 1.98. The third kappa shape index (κ3) is 3.91. The largest absolute Gasteiger partial charge is 0.380 e. The Morgan fingerprint density at radius 2 is 2.19 bits per heavy atom. The van der Waals surface area contributed by atoms with E-state index in [-0.39, 0.29) is 5.41 Å². The molecule has 0 bridgehead atoms. The Balaban J connectivity index is 1.52. The molecule has 0 radical (unpaired) electrons. The highest BCUT2D eigenvalue weighted by atomic mass is 16.5. The molecule has 2 aliphatic rings. The zero-order chi connectivity index (χ0) is 11.4. The molecule has 0 aromatic rings. The van der Waals surface area contributed by atoms with Crippen LogP contribution in [0.25, 0.3) is 0 Å². The third-order valence-electron chi connectivity index (χ3n) is 3.55. The molecule has 1 aliphatic heterocycles. The van der Waals surface area contributed by atoms with E-state index in [2.05, 4.69) is 19.9 Å². The number of rotatable bonds is 7. The Bertz CT molecular complexity index is 249. The summed E-state index contributed by atoms with van der Waals surface area (Å²) in [5.41, 5.74) is 1.78. The summed E-state index contributed by atoms with van der Waals surface area (Å²) in [6.45, 7) is 7.76. The predicted molar refractivity (Wildman–Crippen MR) is 65.5 cm³/mol. The number of ether oxygens (including phenoxy) is 2. The van der Waals surface area contributed by atoms with Gasteiger partial charge in [-0.15, -0.1) is 0 Å². The summed E-state index contributed by atoms with van der Waals surface area (Å²) < 4.78 is 10.9. The van der Waals surface area contributed by atoms with E-state index in [1.165, 1.54) is 31.3 Å². The molecule has 0 N–H and O–H groups in total. The van der Waals surface area contributed by atoms with Crippen LogP contribution in [-0.4, -0.2) is 26.4 Å². The fourth-order valence-electron chi connectivity index (χ4n) is 1.98. The lowest BCUT2D eigenvalue weighted by Gasteiger charge is -2.37. The first kappa shape index (κ1) is 12.1. The normalized spacial score (nSPS) is 24.2. The van der Waals surface area contributed by atoms with Crippen molar-refractivity contribution in [2.75, 3.05) is 26.4 Å². The molecule has 0 aromatic carbocycles. The molecule has 0 atom stereocenters. The van der Waals surface area contributed by atoms with Crippen LogP contribution >= 0.6 is 0 Å². The van der Waals surface area contributed by atoms with Crippen LogP contribution in [0.2, 0.25) is 0 Å². The molecule has 1 saturated carbocycles. The smallest absolute Gasteiger partial charge is 0.0650 e. The summed E-state index contributed by atoms with van der Waals surface area (Å²) in [6, 6.07) is 0. The first-order chi connectivity index (χ1) is 7.68. The van der Waals surface area contributed by atoms with E-state index in [1.54, 1.807) is 0 Å². The second-order valence-electron chi connectivity index (χ2n) is 5.85. The van der Waals surface area contributed by atoms with Crippen LogP contribution in [0.5, 0.6) is 0 Å². The minimum atomic E-state index is 0.287. The predicted octanol–water partition coefficient (Wildman–Crippen LogP) is 3.18. The quantitative estimate of drug-likeness (QED) is 0.488. The van der Waals surface area contributed by atoms with Gasteiger partial charge in [-0.25, -0.2) is 0 Å². The van der Waals surface area contributed by atoms with Gasteiger partial charge < -0.3 is 9.47 Å². The van der Waals surface area contributed by atoms with Crippen molar-refractivity contribution < 1.29 is 9.47 Å². The van der Waals surface area contributed by atoms with Gasteiger partial charge in [-0.05, 0) is 25.7 Å². The SMILES string of the molecule is C/C(=C\COCC1(C)COC1)CCC1CC1. The van der Waals surface area contributed by atoms with Crippen molar-refractivity contribution in [1.82, 2.24) is 0 Å². The van der Waals surface area contributed by atoms with Crippen molar-refractivity contribution in [3.05, 3.63) is 11.6 Å². The molecular weight excluding hydrogens is 200 g/mol. The van der Waals surface area contributed by atoms with Crippen LogP contribution in [0.3, 0.4) is 0 Å². The van der Waals surface area contributed by atoms with Crippen LogP contribution < -0.4 is 0 Å². The zero-order valence-electron chi connectivity index (χ0n) is 10.6. The first-order valence-corrected chi connectivity index (χ1v) is 6.49. The average molecular weight is 224 g/mol. The molecule has 2 nitrogen and oxygen atoms in total. The molecule has 1 aliphatic carbocycles.